The highest BCUT2D eigenvalue weighted by Gasteiger charge is 2.19. The second-order valence-electron chi connectivity index (χ2n) is 6.96. The number of nitrogens with zero attached hydrogens (tertiary/aromatic N) is 5. The first kappa shape index (κ1) is 19.7. The number of amides is 3. The van der Waals surface area contributed by atoms with Gasteiger partial charge in [0.15, 0.2) is 0 Å². The van der Waals surface area contributed by atoms with Gasteiger partial charge in [0.05, 0.1) is 0 Å². The Labute approximate surface area is 162 Å². The predicted molar refractivity (Wildman–Crippen MR) is 99.9 cm³/mol. The smallest absolute Gasteiger partial charge is 0.257 e. The van der Waals surface area contributed by atoms with Gasteiger partial charge in [-0.25, -0.2) is 9.50 Å². The lowest BCUT2D eigenvalue weighted by Gasteiger charge is -2.19. The molecule has 0 saturated carbocycles. The number of hydrazine groups is 1. The van der Waals surface area contributed by atoms with Crippen molar-refractivity contribution in [3.63, 3.8) is 0 Å². The fourth-order valence-corrected chi connectivity index (χ4v) is 3.38. The molecule has 0 aromatic carbocycles. The van der Waals surface area contributed by atoms with Gasteiger partial charge in [-0.2, -0.15) is 10.1 Å². The van der Waals surface area contributed by atoms with Crippen LogP contribution in [0.4, 0.5) is 0 Å². The SMILES string of the molecule is Cc1nc2ncnn2c(C)c1CCC(=O)NNC(=O)CN1CCCCCC1=O. The van der Waals surface area contributed by atoms with Crippen LogP contribution in [0.25, 0.3) is 5.78 Å². The molecule has 1 fully saturated rings. The number of carbonyl (C=O) groups excluding carboxylic acids is 3. The maximum absolute atomic E-state index is 12.1. The van der Waals surface area contributed by atoms with Gasteiger partial charge >= 0.3 is 0 Å². The molecule has 150 valence electrons. The fourth-order valence-electron chi connectivity index (χ4n) is 3.38. The minimum atomic E-state index is -0.401. The van der Waals surface area contributed by atoms with Crippen molar-refractivity contribution in [1.29, 1.82) is 0 Å². The van der Waals surface area contributed by atoms with Gasteiger partial charge in [0, 0.05) is 30.8 Å². The van der Waals surface area contributed by atoms with Crippen molar-refractivity contribution >= 4 is 23.5 Å². The zero-order valence-electron chi connectivity index (χ0n) is 16.2. The van der Waals surface area contributed by atoms with E-state index in [0.717, 1.165) is 36.2 Å². The van der Waals surface area contributed by atoms with E-state index in [1.54, 1.807) is 9.42 Å². The number of hydrogen-bond donors (Lipinski definition) is 2. The maximum Gasteiger partial charge on any atom is 0.257 e. The van der Waals surface area contributed by atoms with E-state index in [4.69, 9.17) is 0 Å². The van der Waals surface area contributed by atoms with E-state index in [-0.39, 0.29) is 24.8 Å². The molecule has 3 heterocycles. The zero-order valence-corrected chi connectivity index (χ0v) is 16.2. The molecule has 10 nitrogen and oxygen atoms in total. The van der Waals surface area contributed by atoms with Crippen molar-refractivity contribution in [3.05, 3.63) is 23.3 Å². The summed E-state index contributed by atoms with van der Waals surface area (Å²) in [6.45, 7) is 4.32. The minimum Gasteiger partial charge on any atom is -0.333 e. The fraction of sp³-hybridized carbons (Fsp3) is 0.556. The third kappa shape index (κ3) is 4.62. The second kappa shape index (κ2) is 8.77. The molecule has 1 aliphatic rings. The third-order valence-corrected chi connectivity index (χ3v) is 4.94. The van der Waals surface area contributed by atoms with E-state index in [1.807, 2.05) is 13.8 Å². The number of carbonyl (C=O) groups is 3. The van der Waals surface area contributed by atoms with Crippen LogP contribution in [0.1, 0.15) is 49.1 Å². The highest BCUT2D eigenvalue weighted by atomic mass is 16.2. The van der Waals surface area contributed by atoms with E-state index in [1.165, 1.54) is 6.33 Å². The van der Waals surface area contributed by atoms with E-state index >= 15 is 0 Å². The summed E-state index contributed by atoms with van der Waals surface area (Å²) in [5.74, 6) is -0.200. The normalized spacial score (nSPS) is 14.8. The molecule has 0 aliphatic carbocycles. The Balaban J connectivity index is 1.48. The lowest BCUT2D eigenvalue weighted by Crippen LogP contribution is -2.47. The Morgan fingerprint density at radius 2 is 1.93 bits per heavy atom. The van der Waals surface area contributed by atoms with Crippen LogP contribution in [0.5, 0.6) is 0 Å². The van der Waals surface area contributed by atoms with Crippen molar-refractivity contribution in [1.82, 2.24) is 35.3 Å². The van der Waals surface area contributed by atoms with Gasteiger partial charge in [-0.1, -0.05) is 6.42 Å². The molecule has 0 radical (unpaired) electrons. The summed E-state index contributed by atoms with van der Waals surface area (Å²) in [5, 5.41) is 4.13. The molecule has 10 heteroatoms. The van der Waals surface area contributed by atoms with Crippen LogP contribution in [-0.2, 0) is 20.8 Å². The first-order valence-electron chi connectivity index (χ1n) is 9.47. The monoisotopic (exact) mass is 387 g/mol. The summed E-state index contributed by atoms with van der Waals surface area (Å²) in [6, 6.07) is 0. The number of aromatic nitrogens is 4. The molecule has 1 aliphatic heterocycles. The Kier molecular flexibility index (Phi) is 6.17. The van der Waals surface area contributed by atoms with Crippen LogP contribution in [0.2, 0.25) is 0 Å². The van der Waals surface area contributed by atoms with Crippen molar-refractivity contribution in [2.75, 3.05) is 13.1 Å². The standard InChI is InChI=1S/C18H25N7O3/c1-12-14(13(2)25-18(21-12)19-11-20-25)7-8-15(26)22-23-16(27)10-24-9-5-3-4-6-17(24)28/h11H,3-10H2,1-2H3,(H,22,26)(H,23,27). The predicted octanol–water partition coefficient (Wildman–Crippen LogP) is 0.224. The molecular weight excluding hydrogens is 362 g/mol. The van der Waals surface area contributed by atoms with Crippen LogP contribution in [0, 0.1) is 13.8 Å². The molecule has 1 saturated heterocycles. The average Bonchev–Trinajstić information content (AvgIpc) is 3.04. The van der Waals surface area contributed by atoms with Crippen LogP contribution in [-0.4, -0.2) is 55.3 Å². The second-order valence-corrected chi connectivity index (χ2v) is 6.96. The van der Waals surface area contributed by atoms with Crippen LogP contribution in [0.3, 0.4) is 0 Å². The molecule has 3 rings (SSSR count). The van der Waals surface area contributed by atoms with Crippen LogP contribution in [0.15, 0.2) is 6.33 Å². The number of hydrogen-bond acceptors (Lipinski definition) is 6. The third-order valence-electron chi connectivity index (χ3n) is 4.94. The molecule has 2 aromatic rings. The van der Waals surface area contributed by atoms with Gasteiger partial charge in [-0.05, 0) is 38.7 Å². The Morgan fingerprint density at radius 1 is 1.14 bits per heavy atom. The molecule has 0 unspecified atom stereocenters. The van der Waals surface area contributed by atoms with Crippen molar-refractivity contribution in [2.45, 2.75) is 52.4 Å². The summed E-state index contributed by atoms with van der Waals surface area (Å²) in [5.41, 5.74) is 7.41. The van der Waals surface area contributed by atoms with Gasteiger partial charge in [0.25, 0.3) is 11.7 Å². The largest absolute Gasteiger partial charge is 0.333 e. The summed E-state index contributed by atoms with van der Waals surface area (Å²) >= 11 is 0. The van der Waals surface area contributed by atoms with Gasteiger partial charge in [-0.3, -0.25) is 25.2 Å². The lowest BCUT2D eigenvalue weighted by atomic mass is 10.1. The Hall–Kier alpha value is -3.04. The quantitative estimate of drug-likeness (QED) is 0.708. The van der Waals surface area contributed by atoms with Crippen molar-refractivity contribution < 1.29 is 14.4 Å². The lowest BCUT2D eigenvalue weighted by molar-refractivity contribution is -0.136. The first-order chi connectivity index (χ1) is 13.5. The molecule has 3 amide bonds. The average molecular weight is 387 g/mol. The number of fused-ring (bicyclic) bond motifs is 1. The highest BCUT2D eigenvalue weighted by Crippen LogP contribution is 2.14. The summed E-state index contributed by atoms with van der Waals surface area (Å²) < 4.78 is 1.64. The van der Waals surface area contributed by atoms with E-state index < -0.39 is 5.91 Å². The maximum atomic E-state index is 12.1. The molecule has 2 N–H and O–H groups in total. The van der Waals surface area contributed by atoms with Gasteiger partial charge in [0.1, 0.15) is 12.9 Å². The number of nitrogens with one attached hydrogen (secondary N) is 2. The minimum absolute atomic E-state index is 0.0130. The number of aryl methyl sites for hydroxylation is 2. The van der Waals surface area contributed by atoms with E-state index in [9.17, 15) is 14.4 Å². The molecule has 28 heavy (non-hydrogen) atoms. The van der Waals surface area contributed by atoms with Gasteiger partial charge in [-0.15, -0.1) is 0 Å². The zero-order chi connectivity index (χ0) is 20.1. The molecular formula is C18H25N7O3. The van der Waals surface area contributed by atoms with Gasteiger partial charge < -0.3 is 4.90 Å². The van der Waals surface area contributed by atoms with E-state index in [0.29, 0.717) is 25.2 Å². The topological polar surface area (TPSA) is 122 Å². The molecule has 2 aromatic heterocycles. The molecule has 0 spiro atoms. The summed E-state index contributed by atoms with van der Waals surface area (Å²) in [4.78, 5) is 46.0. The van der Waals surface area contributed by atoms with Crippen molar-refractivity contribution in [2.24, 2.45) is 0 Å². The Bertz CT molecular complexity index is 893. The molecule has 0 atom stereocenters. The highest BCUT2D eigenvalue weighted by molar-refractivity contribution is 5.86. The number of rotatable bonds is 5. The Morgan fingerprint density at radius 3 is 2.75 bits per heavy atom. The summed E-state index contributed by atoms with van der Waals surface area (Å²) in [6.07, 6.45) is 5.32. The first-order valence-corrected chi connectivity index (χ1v) is 9.47. The summed E-state index contributed by atoms with van der Waals surface area (Å²) in [7, 11) is 0. The van der Waals surface area contributed by atoms with E-state index in [2.05, 4.69) is 25.9 Å². The number of likely N-dealkylation sites (tertiary alicyclic amines) is 1. The van der Waals surface area contributed by atoms with Crippen molar-refractivity contribution in [3.8, 4) is 0 Å². The van der Waals surface area contributed by atoms with Crippen LogP contribution >= 0.6 is 0 Å². The van der Waals surface area contributed by atoms with Gasteiger partial charge in [0.2, 0.25) is 11.8 Å². The van der Waals surface area contributed by atoms with Crippen LogP contribution < -0.4 is 10.9 Å². The molecule has 0 bridgehead atoms.